The van der Waals surface area contributed by atoms with Crippen molar-refractivity contribution in [3.63, 3.8) is 0 Å². The average molecular weight is 386 g/mol. The van der Waals surface area contributed by atoms with Crippen LogP contribution in [0.5, 0.6) is 5.88 Å². The van der Waals surface area contributed by atoms with Crippen LogP contribution in [0.2, 0.25) is 0 Å². The number of hydrogen-bond acceptors (Lipinski definition) is 6. The van der Waals surface area contributed by atoms with Gasteiger partial charge in [0.05, 0.1) is 18.0 Å². The molecule has 1 unspecified atom stereocenters. The Bertz CT molecular complexity index is 877. The Balaban J connectivity index is 1.27. The number of aryl methyl sites for hydroxylation is 2. The lowest BCUT2D eigenvalue weighted by Crippen LogP contribution is -2.57. The molecule has 2 aliphatic rings. The molecule has 2 aromatic rings. The van der Waals surface area contributed by atoms with Gasteiger partial charge in [-0.25, -0.2) is 14.9 Å². The number of rotatable bonds is 4. The Hall–Kier alpha value is -2.68. The van der Waals surface area contributed by atoms with Crippen LogP contribution in [-0.4, -0.2) is 57.1 Å². The minimum absolute atomic E-state index is 0.0623. The van der Waals surface area contributed by atoms with Crippen LogP contribution in [0.25, 0.3) is 5.65 Å². The molecule has 2 fully saturated rings. The summed E-state index contributed by atoms with van der Waals surface area (Å²) < 4.78 is 7.73. The van der Waals surface area contributed by atoms with Gasteiger partial charge in [0, 0.05) is 25.6 Å². The number of ether oxygens (including phenoxy) is 1. The van der Waals surface area contributed by atoms with Gasteiger partial charge in [0.25, 0.3) is 0 Å². The Labute approximate surface area is 163 Å². The molecule has 9 heteroatoms. The summed E-state index contributed by atoms with van der Waals surface area (Å²) in [7, 11) is 0. The number of carbonyl (C=O) groups is 2. The topological polar surface area (TPSA) is 101 Å². The SMILES string of the molecule is Cc1nc2ccc(OCC3CCN(C(=O)C4CCC(=O)NN4)CC3)nn2c1C. The van der Waals surface area contributed by atoms with Gasteiger partial charge in [-0.15, -0.1) is 5.10 Å². The predicted octanol–water partition coefficient (Wildman–Crippen LogP) is 0.747. The zero-order valence-electron chi connectivity index (χ0n) is 16.3. The van der Waals surface area contributed by atoms with Crippen molar-refractivity contribution in [1.82, 2.24) is 30.3 Å². The van der Waals surface area contributed by atoms with Gasteiger partial charge < -0.3 is 9.64 Å². The first-order chi connectivity index (χ1) is 13.5. The molecule has 2 N–H and O–H groups in total. The molecule has 0 radical (unpaired) electrons. The average Bonchev–Trinajstić information content (AvgIpc) is 3.00. The molecule has 0 saturated carbocycles. The standard InChI is InChI=1S/C19H26N6O3/c1-12-13(2)25-16(20-12)4-6-18(23-25)28-11-14-7-9-24(10-8-14)19(27)15-3-5-17(26)22-21-15/h4,6,14-15,21H,3,5,7-11H2,1-2H3,(H,22,26). The van der Waals surface area contributed by atoms with Gasteiger partial charge in [0.1, 0.15) is 6.04 Å². The number of aromatic nitrogens is 3. The van der Waals surface area contributed by atoms with E-state index in [0.717, 1.165) is 29.9 Å². The molecule has 0 spiro atoms. The van der Waals surface area contributed by atoms with Crippen molar-refractivity contribution < 1.29 is 14.3 Å². The van der Waals surface area contributed by atoms with Crippen molar-refractivity contribution in [2.24, 2.45) is 5.92 Å². The van der Waals surface area contributed by atoms with E-state index < -0.39 is 0 Å². The number of amides is 2. The van der Waals surface area contributed by atoms with Crippen LogP contribution >= 0.6 is 0 Å². The number of fused-ring (bicyclic) bond motifs is 1. The molecule has 0 bridgehead atoms. The van der Waals surface area contributed by atoms with E-state index >= 15 is 0 Å². The molecule has 2 aromatic heterocycles. The monoisotopic (exact) mass is 386 g/mol. The van der Waals surface area contributed by atoms with Crippen LogP contribution in [-0.2, 0) is 9.59 Å². The molecule has 2 amide bonds. The summed E-state index contributed by atoms with van der Waals surface area (Å²) in [5.41, 5.74) is 8.16. The van der Waals surface area contributed by atoms with Crippen LogP contribution in [0.15, 0.2) is 12.1 Å². The molecule has 0 aromatic carbocycles. The fourth-order valence-electron chi connectivity index (χ4n) is 3.72. The molecule has 28 heavy (non-hydrogen) atoms. The highest BCUT2D eigenvalue weighted by Gasteiger charge is 2.30. The number of hydrogen-bond donors (Lipinski definition) is 2. The second-order valence-electron chi connectivity index (χ2n) is 7.59. The van der Waals surface area contributed by atoms with Crippen LogP contribution in [0, 0.1) is 19.8 Å². The van der Waals surface area contributed by atoms with Crippen LogP contribution in [0.3, 0.4) is 0 Å². The van der Waals surface area contributed by atoms with E-state index in [2.05, 4.69) is 20.9 Å². The summed E-state index contributed by atoms with van der Waals surface area (Å²) >= 11 is 0. The molecule has 4 rings (SSSR count). The van der Waals surface area contributed by atoms with Gasteiger partial charge in [-0.1, -0.05) is 0 Å². The number of hydrazine groups is 1. The number of nitrogens with zero attached hydrogens (tertiary/aromatic N) is 4. The molecule has 2 saturated heterocycles. The zero-order valence-corrected chi connectivity index (χ0v) is 16.3. The normalized spacial score (nSPS) is 21.0. The van der Waals surface area contributed by atoms with Gasteiger partial charge in [-0.2, -0.15) is 0 Å². The first-order valence-electron chi connectivity index (χ1n) is 9.80. The van der Waals surface area contributed by atoms with Crippen molar-refractivity contribution in [2.45, 2.75) is 45.6 Å². The fourth-order valence-corrected chi connectivity index (χ4v) is 3.72. The lowest BCUT2D eigenvalue weighted by molar-refractivity contribution is -0.137. The Morgan fingerprint density at radius 1 is 1.25 bits per heavy atom. The third kappa shape index (κ3) is 3.80. The Morgan fingerprint density at radius 3 is 2.75 bits per heavy atom. The molecule has 4 heterocycles. The van der Waals surface area contributed by atoms with Crippen molar-refractivity contribution in [1.29, 1.82) is 0 Å². The maximum Gasteiger partial charge on any atom is 0.241 e. The van der Waals surface area contributed by atoms with Crippen molar-refractivity contribution in [3.8, 4) is 5.88 Å². The molecule has 9 nitrogen and oxygen atoms in total. The molecule has 2 aliphatic heterocycles. The third-order valence-electron chi connectivity index (χ3n) is 5.65. The van der Waals surface area contributed by atoms with Gasteiger partial charge in [0.15, 0.2) is 5.65 Å². The molecular weight excluding hydrogens is 360 g/mol. The summed E-state index contributed by atoms with van der Waals surface area (Å²) in [4.78, 5) is 30.1. The van der Waals surface area contributed by atoms with Crippen LogP contribution in [0.1, 0.15) is 37.1 Å². The minimum Gasteiger partial charge on any atom is -0.476 e. The lowest BCUT2D eigenvalue weighted by atomic mass is 9.96. The first kappa shape index (κ1) is 18.7. The highest BCUT2D eigenvalue weighted by atomic mass is 16.5. The summed E-state index contributed by atoms with van der Waals surface area (Å²) in [6.45, 7) is 5.98. The largest absolute Gasteiger partial charge is 0.476 e. The smallest absolute Gasteiger partial charge is 0.241 e. The maximum absolute atomic E-state index is 12.6. The predicted molar refractivity (Wildman–Crippen MR) is 102 cm³/mol. The van der Waals surface area contributed by atoms with E-state index in [9.17, 15) is 9.59 Å². The number of likely N-dealkylation sites (tertiary alicyclic amines) is 1. The summed E-state index contributed by atoms with van der Waals surface area (Å²) in [6, 6.07) is 3.45. The van der Waals surface area contributed by atoms with Gasteiger partial charge in [-0.3, -0.25) is 15.0 Å². The number of nitrogens with one attached hydrogen (secondary N) is 2. The second kappa shape index (κ2) is 7.75. The Kier molecular flexibility index (Phi) is 5.17. The van der Waals surface area contributed by atoms with Gasteiger partial charge in [-0.05, 0) is 45.1 Å². The van der Waals surface area contributed by atoms with Gasteiger partial charge in [0.2, 0.25) is 17.7 Å². The van der Waals surface area contributed by atoms with E-state index in [-0.39, 0.29) is 17.9 Å². The lowest BCUT2D eigenvalue weighted by Gasteiger charge is -2.35. The molecule has 1 atom stereocenters. The number of piperidine rings is 1. The summed E-state index contributed by atoms with van der Waals surface area (Å²) in [5, 5.41) is 4.52. The Morgan fingerprint density at radius 2 is 2.04 bits per heavy atom. The fraction of sp³-hybridized carbons (Fsp3) is 0.579. The van der Waals surface area contributed by atoms with Crippen molar-refractivity contribution in [2.75, 3.05) is 19.7 Å². The van der Waals surface area contributed by atoms with E-state index in [1.165, 1.54) is 0 Å². The van der Waals surface area contributed by atoms with Crippen molar-refractivity contribution in [3.05, 3.63) is 23.5 Å². The zero-order chi connectivity index (χ0) is 19.7. The van der Waals surface area contributed by atoms with Gasteiger partial charge >= 0.3 is 0 Å². The summed E-state index contributed by atoms with van der Waals surface area (Å²) in [5.74, 6) is 0.991. The first-order valence-corrected chi connectivity index (χ1v) is 9.80. The highest BCUT2D eigenvalue weighted by Crippen LogP contribution is 2.21. The third-order valence-corrected chi connectivity index (χ3v) is 5.65. The molecular formula is C19H26N6O3. The number of imidazole rings is 1. The van der Waals surface area contributed by atoms with E-state index in [1.54, 1.807) is 0 Å². The van der Waals surface area contributed by atoms with Crippen molar-refractivity contribution >= 4 is 17.5 Å². The van der Waals surface area contributed by atoms with E-state index in [4.69, 9.17) is 4.74 Å². The maximum atomic E-state index is 12.6. The second-order valence-corrected chi connectivity index (χ2v) is 7.59. The number of carbonyl (C=O) groups excluding carboxylic acids is 2. The van der Waals surface area contributed by atoms with E-state index in [0.29, 0.717) is 44.3 Å². The summed E-state index contributed by atoms with van der Waals surface area (Å²) in [6.07, 6.45) is 2.74. The highest BCUT2D eigenvalue weighted by molar-refractivity contribution is 5.85. The van der Waals surface area contributed by atoms with E-state index in [1.807, 2.05) is 35.4 Å². The van der Waals surface area contributed by atoms with Crippen LogP contribution in [0.4, 0.5) is 0 Å². The molecule has 150 valence electrons. The molecule has 0 aliphatic carbocycles. The minimum atomic E-state index is -0.316. The van der Waals surface area contributed by atoms with Crippen LogP contribution < -0.4 is 15.6 Å². The quantitative estimate of drug-likeness (QED) is 0.804.